The van der Waals surface area contributed by atoms with E-state index < -0.39 is 23.5 Å². The fourth-order valence-electron chi connectivity index (χ4n) is 4.52. The summed E-state index contributed by atoms with van der Waals surface area (Å²) in [6.07, 6.45) is 0.987. The van der Waals surface area contributed by atoms with E-state index in [0.29, 0.717) is 16.8 Å². The van der Waals surface area contributed by atoms with Gasteiger partial charge in [0.05, 0.1) is 30.0 Å². The van der Waals surface area contributed by atoms with Gasteiger partial charge in [0.2, 0.25) is 0 Å². The monoisotopic (exact) mass is 408 g/mol. The number of benzene rings is 1. The summed E-state index contributed by atoms with van der Waals surface area (Å²) >= 11 is 0. The number of nitrogens with one attached hydrogen (secondary N) is 1. The lowest BCUT2D eigenvalue weighted by Crippen LogP contribution is -2.54. The zero-order valence-electron chi connectivity index (χ0n) is 16.9. The first kappa shape index (κ1) is 20.1. The van der Waals surface area contributed by atoms with Crippen molar-refractivity contribution < 1.29 is 19.7 Å². The number of amides is 1. The summed E-state index contributed by atoms with van der Waals surface area (Å²) in [6.45, 7) is 3.76. The van der Waals surface area contributed by atoms with Gasteiger partial charge in [0, 0.05) is 36.3 Å². The molecule has 2 aliphatic rings. The molecule has 0 spiro atoms. The molecule has 1 saturated carbocycles. The Balaban J connectivity index is 1.71. The summed E-state index contributed by atoms with van der Waals surface area (Å²) in [5, 5.41) is 35.5. The molecule has 1 fully saturated rings. The van der Waals surface area contributed by atoms with E-state index in [1.54, 1.807) is 43.1 Å². The lowest BCUT2D eigenvalue weighted by Gasteiger charge is -2.39. The summed E-state index contributed by atoms with van der Waals surface area (Å²) in [5.41, 5.74) is -1.09. The van der Waals surface area contributed by atoms with Gasteiger partial charge in [-0.1, -0.05) is 6.07 Å². The molecule has 2 heterocycles. The molecule has 156 valence electrons. The molecule has 0 bridgehead atoms. The summed E-state index contributed by atoms with van der Waals surface area (Å²) in [6, 6.07) is 12.1. The maximum absolute atomic E-state index is 12.1. The molecular formula is C22H24N4O4. The van der Waals surface area contributed by atoms with E-state index >= 15 is 0 Å². The largest absolute Gasteiger partial charge is 0.447 e. The second-order valence-corrected chi connectivity index (χ2v) is 8.13. The number of ether oxygens (including phenoxy) is 1. The standard InChI is InChI=1S/C22H24N4O4/c1-14(2)30-20(27)25-17-10-21(28)18-9-15(12-23)6-7-19(18)26(22(21,29)11-17)13-16-5-3-4-8-24-16/h3-9,14,17,28-29H,10-11,13H2,1-2H3,(H,25,27)/t17-,21?,22?/m0/s1. The number of pyridine rings is 1. The van der Waals surface area contributed by atoms with E-state index in [-0.39, 0.29) is 25.5 Å². The second-order valence-electron chi connectivity index (χ2n) is 8.13. The van der Waals surface area contributed by atoms with Crippen LogP contribution in [-0.2, 0) is 16.9 Å². The minimum Gasteiger partial charge on any atom is -0.447 e. The Kier molecular flexibility index (Phi) is 4.88. The van der Waals surface area contributed by atoms with Crippen molar-refractivity contribution in [3.63, 3.8) is 0 Å². The summed E-state index contributed by atoms with van der Waals surface area (Å²) in [4.78, 5) is 18.1. The zero-order chi connectivity index (χ0) is 21.5. The number of nitriles is 1. The van der Waals surface area contributed by atoms with Gasteiger partial charge in [-0.15, -0.1) is 0 Å². The van der Waals surface area contributed by atoms with Crippen LogP contribution in [0.2, 0.25) is 0 Å². The van der Waals surface area contributed by atoms with Crippen LogP contribution in [0, 0.1) is 11.3 Å². The van der Waals surface area contributed by atoms with Crippen molar-refractivity contribution in [2.75, 3.05) is 4.90 Å². The molecule has 4 rings (SSSR count). The molecule has 0 radical (unpaired) electrons. The molecule has 1 aliphatic heterocycles. The van der Waals surface area contributed by atoms with E-state index in [1.165, 1.54) is 0 Å². The molecule has 3 N–H and O–H groups in total. The van der Waals surface area contributed by atoms with Gasteiger partial charge < -0.3 is 25.2 Å². The summed E-state index contributed by atoms with van der Waals surface area (Å²) in [7, 11) is 0. The van der Waals surface area contributed by atoms with Gasteiger partial charge in [-0.25, -0.2) is 4.79 Å². The van der Waals surface area contributed by atoms with Crippen molar-refractivity contribution in [2.45, 2.75) is 56.7 Å². The van der Waals surface area contributed by atoms with Gasteiger partial charge in [-0.05, 0) is 44.2 Å². The third kappa shape index (κ3) is 3.16. The highest BCUT2D eigenvalue weighted by atomic mass is 16.6. The Morgan fingerprint density at radius 1 is 1.37 bits per heavy atom. The van der Waals surface area contributed by atoms with Gasteiger partial charge in [-0.2, -0.15) is 5.26 Å². The minimum absolute atomic E-state index is 0.0945. The SMILES string of the molecule is CC(C)OC(=O)N[C@H]1CC2(O)c3cc(C#N)ccc3N(Cc3ccccn3)C2(O)C1. The number of carbonyl (C=O) groups excluding carboxylic acids is 1. The molecule has 3 atom stereocenters. The predicted molar refractivity (Wildman–Crippen MR) is 108 cm³/mol. The average molecular weight is 408 g/mol. The lowest BCUT2D eigenvalue weighted by atomic mass is 9.88. The highest BCUT2D eigenvalue weighted by Gasteiger charge is 2.66. The maximum atomic E-state index is 12.1. The van der Waals surface area contributed by atoms with Gasteiger partial charge in [0.1, 0.15) is 5.60 Å². The van der Waals surface area contributed by atoms with Gasteiger partial charge >= 0.3 is 6.09 Å². The zero-order valence-corrected chi connectivity index (χ0v) is 16.9. The topological polar surface area (TPSA) is 119 Å². The number of anilines is 1. The number of hydrogen-bond acceptors (Lipinski definition) is 7. The summed E-state index contributed by atoms with van der Waals surface area (Å²) < 4.78 is 5.15. The third-order valence-corrected chi connectivity index (χ3v) is 5.75. The van der Waals surface area contributed by atoms with E-state index in [4.69, 9.17) is 4.74 Å². The van der Waals surface area contributed by atoms with Crippen LogP contribution in [0.25, 0.3) is 0 Å². The second kappa shape index (κ2) is 7.27. The third-order valence-electron chi connectivity index (χ3n) is 5.75. The van der Waals surface area contributed by atoms with Gasteiger partial charge in [-0.3, -0.25) is 4.98 Å². The number of nitrogens with zero attached hydrogens (tertiary/aromatic N) is 3. The van der Waals surface area contributed by atoms with E-state index in [1.807, 2.05) is 18.2 Å². The van der Waals surface area contributed by atoms with Crippen LogP contribution in [-0.4, -0.2) is 39.2 Å². The number of hydrogen-bond donors (Lipinski definition) is 3. The molecule has 8 nitrogen and oxygen atoms in total. The van der Waals surface area contributed by atoms with Crippen LogP contribution >= 0.6 is 0 Å². The van der Waals surface area contributed by atoms with Crippen LogP contribution in [0.15, 0.2) is 42.6 Å². The fourth-order valence-corrected chi connectivity index (χ4v) is 4.52. The first-order chi connectivity index (χ1) is 14.3. The maximum Gasteiger partial charge on any atom is 0.407 e. The normalized spacial score (nSPS) is 26.8. The van der Waals surface area contributed by atoms with E-state index in [0.717, 1.165) is 5.69 Å². The van der Waals surface area contributed by atoms with Crippen molar-refractivity contribution in [1.82, 2.24) is 10.3 Å². The highest BCUT2D eigenvalue weighted by Crippen LogP contribution is 2.58. The number of fused-ring (bicyclic) bond motifs is 3. The fraction of sp³-hybridized carbons (Fsp3) is 0.409. The molecule has 30 heavy (non-hydrogen) atoms. The van der Waals surface area contributed by atoms with Crippen molar-refractivity contribution in [2.24, 2.45) is 0 Å². The molecular weight excluding hydrogens is 384 g/mol. The Morgan fingerprint density at radius 3 is 2.83 bits per heavy atom. The minimum atomic E-state index is -1.67. The number of alkyl carbamates (subject to hydrolysis) is 1. The Bertz CT molecular complexity index is 1010. The van der Waals surface area contributed by atoms with Crippen molar-refractivity contribution in [1.29, 1.82) is 5.26 Å². The predicted octanol–water partition coefficient (Wildman–Crippen LogP) is 2.15. The number of carbonyl (C=O) groups is 1. The number of rotatable bonds is 4. The van der Waals surface area contributed by atoms with Crippen molar-refractivity contribution >= 4 is 11.8 Å². The van der Waals surface area contributed by atoms with Crippen LogP contribution in [0.1, 0.15) is 43.5 Å². The molecule has 2 aromatic rings. The molecule has 1 amide bonds. The van der Waals surface area contributed by atoms with Crippen LogP contribution in [0.3, 0.4) is 0 Å². The Labute approximate surface area is 174 Å². The molecule has 1 aromatic carbocycles. The van der Waals surface area contributed by atoms with Gasteiger partial charge in [0.15, 0.2) is 5.72 Å². The lowest BCUT2D eigenvalue weighted by molar-refractivity contribution is -0.126. The van der Waals surface area contributed by atoms with Crippen molar-refractivity contribution in [3.05, 3.63) is 59.4 Å². The molecule has 0 saturated heterocycles. The smallest absolute Gasteiger partial charge is 0.407 e. The van der Waals surface area contributed by atoms with Crippen molar-refractivity contribution in [3.8, 4) is 6.07 Å². The van der Waals surface area contributed by atoms with Crippen LogP contribution < -0.4 is 10.2 Å². The van der Waals surface area contributed by atoms with Gasteiger partial charge in [0.25, 0.3) is 0 Å². The molecule has 1 aliphatic carbocycles. The van der Waals surface area contributed by atoms with E-state index in [2.05, 4.69) is 16.4 Å². The van der Waals surface area contributed by atoms with E-state index in [9.17, 15) is 20.3 Å². The number of aliphatic hydroxyl groups is 2. The molecule has 8 heteroatoms. The Hall–Kier alpha value is -3.15. The quantitative estimate of drug-likeness (QED) is 0.709. The van der Waals surface area contributed by atoms with Crippen LogP contribution in [0.4, 0.5) is 10.5 Å². The highest BCUT2D eigenvalue weighted by molar-refractivity contribution is 5.70. The average Bonchev–Trinajstić information content (AvgIpc) is 3.05. The first-order valence-electron chi connectivity index (χ1n) is 9.91. The molecule has 1 aromatic heterocycles. The summed E-state index contributed by atoms with van der Waals surface area (Å²) in [5.74, 6) is 0. The number of aromatic nitrogens is 1. The van der Waals surface area contributed by atoms with Crippen LogP contribution in [0.5, 0.6) is 0 Å². The first-order valence-corrected chi connectivity index (χ1v) is 9.91. The Morgan fingerprint density at radius 2 is 2.17 bits per heavy atom. The molecule has 2 unspecified atom stereocenters.